The lowest BCUT2D eigenvalue weighted by atomic mass is 10.2. The molecule has 1 aliphatic rings. The van der Waals surface area contributed by atoms with E-state index in [-0.39, 0.29) is 11.9 Å². The third-order valence-corrected chi connectivity index (χ3v) is 3.40. The maximum atomic E-state index is 11.5. The van der Waals surface area contributed by atoms with Gasteiger partial charge in [0.05, 0.1) is 6.04 Å². The maximum Gasteiger partial charge on any atom is 0.236 e. The summed E-state index contributed by atoms with van der Waals surface area (Å²) in [6.07, 6.45) is 7.95. The molecule has 0 heterocycles. The van der Waals surface area contributed by atoms with Crippen LogP contribution in [0.15, 0.2) is 0 Å². The summed E-state index contributed by atoms with van der Waals surface area (Å²) in [5.74, 6) is 1.92. The van der Waals surface area contributed by atoms with Gasteiger partial charge in [0, 0.05) is 6.54 Å². The van der Waals surface area contributed by atoms with Gasteiger partial charge in [-0.1, -0.05) is 12.8 Å². The smallest absolute Gasteiger partial charge is 0.236 e. The van der Waals surface area contributed by atoms with Gasteiger partial charge in [0.25, 0.3) is 0 Å². The Labute approximate surface area is 96.6 Å². The van der Waals surface area contributed by atoms with Gasteiger partial charge in [-0.2, -0.15) is 11.8 Å². The highest BCUT2D eigenvalue weighted by molar-refractivity contribution is 7.98. The van der Waals surface area contributed by atoms with E-state index in [1.165, 1.54) is 19.3 Å². The summed E-state index contributed by atoms with van der Waals surface area (Å²) in [7, 11) is 0. The minimum Gasteiger partial charge on any atom is -0.355 e. The van der Waals surface area contributed by atoms with Crippen molar-refractivity contribution < 1.29 is 4.79 Å². The second-order valence-corrected chi connectivity index (χ2v) is 5.25. The van der Waals surface area contributed by atoms with Crippen molar-refractivity contribution in [2.75, 3.05) is 18.6 Å². The van der Waals surface area contributed by atoms with Crippen molar-refractivity contribution >= 4 is 17.7 Å². The van der Waals surface area contributed by atoms with E-state index in [4.69, 9.17) is 5.73 Å². The molecule has 1 aliphatic carbocycles. The molecule has 4 heteroatoms. The fourth-order valence-corrected chi connectivity index (χ4v) is 2.01. The first kappa shape index (κ1) is 12.8. The van der Waals surface area contributed by atoms with Gasteiger partial charge in [-0.25, -0.2) is 0 Å². The average Bonchev–Trinajstić information content (AvgIpc) is 3.04. The van der Waals surface area contributed by atoms with Gasteiger partial charge >= 0.3 is 0 Å². The van der Waals surface area contributed by atoms with Crippen LogP contribution in [0.3, 0.4) is 0 Å². The molecule has 1 saturated carbocycles. The van der Waals surface area contributed by atoms with E-state index < -0.39 is 0 Å². The molecule has 0 saturated heterocycles. The van der Waals surface area contributed by atoms with Crippen LogP contribution in [0.5, 0.6) is 0 Å². The fourth-order valence-electron chi connectivity index (χ4n) is 1.52. The Balaban J connectivity index is 1.95. The van der Waals surface area contributed by atoms with Gasteiger partial charge in [-0.05, 0) is 37.2 Å². The van der Waals surface area contributed by atoms with E-state index in [2.05, 4.69) is 5.32 Å². The minimum atomic E-state index is -0.321. The maximum absolute atomic E-state index is 11.5. The predicted octanol–water partition coefficient (Wildman–Crippen LogP) is 1.37. The van der Waals surface area contributed by atoms with Crippen LogP contribution in [-0.2, 0) is 4.79 Å². The Kier molecular flexibility index (Phi) is 6.10. The molecule has 1 fully saturated rings. The van der Waals surface area contributed by atoms with Crippen LogP contribution in [0.1, 0.15) is 32.1 Å². The third kappa shape index (κ3) is 6.05. The second kappa shape index (κ2) is 7.12. The summed E-state index contributed by atoms with van der Waals surface area (Å²) in [5, 5.41) is 2.90. The average molecular weight is 230 g/mol. The lowest BCUT2D eigenvalue weighted by Crippen LogP contribution is -2.41. The fraction of sp³-hybridized carbons (Fsp3) is 0.909. The molecule has 1 atom stereocenters. The Morgan fingerprint density at radius 1 is 1.60 bits per heavy atom. The van der Waals surface area contributed by atoms with Crippen LogP contribution in [-0.4, -0.2) is 30.5 Å². The van der Waals surface area contributed by atoms with Crippen LogP contribution >= 0.6 is 11.8 Å². The first-order valence-electron chi connectivity index (χ1n) is 5.76. The lowest BCUT2D eigenvalue weighted by Gasteiger charge is -2.11. The highest BCUT2D eigenvalue weighted by Gasteiger charge is 2.20. The number of carbonyl (C=O) groups excluding carboxylic acids is 1. The molecule has 1 rings (SSSR count). The molecule has 0 unspecified atom stereocenters. The van der Waals surface area contributed by atoms with Crippen molar-refractivity contribution in [1.29, 1.82) is 0 Å². The molecule has 0 aromatic rings. The highest BCUT2D eigenvalue weighted by atomic mass is 32.2. The predicted molar refractivity (Wildman–Crippen MR) is 65.9 cm³/mol. The van der Waals surface area contributed by atoms with Gasteiger partial charge in [0.2, 0.25) is 5.91 Å². The molecule has 3 nitrogen and oxygen atoms in total. The van der Waals surface area contributed by atoms with Crippen molar-refractivity contribution in [3.05, 3.63) is 0 Å². The highest BCUT2D eigenvalue weighted by Crippen LogP contribution is 2.33. The van der Waals surface area contributed by atoms with Crippen LogP contribution in [0, 0.1) is 5.92 Å². The molecule has 15 heavy (non-hydrogen) atoms. The second-order valence-electron chi connectivity index (χ2n) is 4.26. The van der Waals surface area contributed by atoms with Gasteiger partial charge in [-0.15, -0.1) is 0 Å². The van der Waals surface area contributed by atoms with Crippen molar-refractivity contribution in [3.63, 3.8) is 0 Å². The Hall–Kier alpha value is -0.220. The SMILES string of the molecule is CSCC[C@@H](N)C(=O)NCCCC1CC1. The number of rotatable bonds is 8. The summed E-state index contributed by atoms with van der Waals surface area (Å²) in [6.45, 7) is 0.794. The number of nitrogens with two attached hydrogens (primary N) is 1. The number of carbonyl (C=O) groups is 1. The molecule has 0 aliphatic heterocycles. The van der Waals surface area contributed by atoms with Crippen molar-refractivity contribution in [2.45, 2.75) is 38.1 Å². The van der Waals surface area contributed by atoms with E-state index in [1.54, 1.807) is 11.8 Å². The van der Waals surface area contributed by atoms with E-state index in [0.29, 0.717) is 0 Å². The van der Waals surface area contributed by atoms with Crippen LogP contribution in [0.2, 0.25) is 0 Å². The van der Waals surface area contributed by atoms with Crippen LogP contribution < -0.4 is 11.1 Å². The zero-order valence-corrected chi connectivity index (χ0v) is 10.3. The zero-order chi connectivity index (χ0) is 11.1. The number of hydrogen-bond donors (Lipinski definition) is 2. The summed E-state index contributed by atoms with van der Waals surface area (Å²) in [4.78, 5) is 11.5. The van der Waals surface area contributed by atoms with E-state index in [9.17, 15) is 4.79 Å². The monoisotopic (exact) mass is 230 g/mol. The Bertz CT molecular complexity index is 195. The molecule has 0 spiro atoms. The number of amides is 1. The molecule has 1 amide bonds. The molecule has 0 radical (unpaired) electrons. The normalized spacial score (nSPS) is 17.5. The van der Waals surface area contributed by atoms with Crippen molar-refractivity contribution in [2.24, 2.45) is 11.7 Å². The summed E-state index contributed by atoms with van der Waals surface area (Å²) in [5.41, 5.74) is 5.73. The quantitative estimate of drug-likeness (QED) is 0.619. The molecule has 88 valence electrons. The first-order valence-corrected chi connectivity index (χ1v) is 7.15. The van der Waals surface area contributed by atoms with Crippen LogP contribution in [0.4, 0.5) is 0 Å². The van der Waals surface area contributed by atoms with Crippen molar-refractivity contribution in [3.8, 4) is 0 Å². The summed E-state index contributed by atoms with van der Waals surface area (Å²) >= 11 is 1.73. The lowest BCUT2D eigenvalue weighted by molar-refractivity contribution is -0.122. The molecule has 0 aromatic heterocycles. The van der Waals surface area contributed by atoms with Gasteiger partial charge in [-0.3, -0.25) is 4.79 Å². The zero-order valence-electron chi connectivity index (χ0n) is 9.50. The standard InChI is InChI=1S/C11H22N2OS/c1-15-8-6-10(12)11(14)13-7-2-3-9-4-5-9/h9-10H,2-8,12H2,1H3,(H,13,14)/t10-/m1/s1. The molecule has 0 bridgehead atoms. The number of hydrogen-bond acceptors (Lipinski definition) is 3. The first-order chi connectivity index (χ1) is 7.24. The molecular weight excluding hydrogens is 208 g/mol. The third-order valence-electron chi connectivity index (χ3n) is 2.76. The topological polar surface area (TPSA) is 55.1 Å². The summed E-state index contributed by atoms with van der Waals surface area (Å²) in [6, 6.07) is -0.321. The Morgan fingerprint density at radius 2 is 2.33 bits per heavy atom. The van der Waals surface area contributed by atoms with Gasteiger partial charge in [0.15, 0.2) is 0 Å². The number of nitrogens with one attached hydrogen (secondary N) is 1. The van der Waals surface area contributed by atoms with Crippen molar-refractivity contribution in [1.82, 2.24) is 5.32 Å². The number of thioether (sulfide) groups is 1. The van der Waals surface area contributed by atoms with E-state index in [0.717, 1.165) is 31.1 Å². The molecule has 0 aromatic carbocycles. The van der Waals surface area contributed by atoms with Crippen LogP contribution in [0.25, 0.3) is 0 Å². The molecule has 3 N–H and O–H groups in total. The minimum absolute atomic E-state index is 0.0137. The Morgan fingerprint density at radius 3 is 2.93 bits per heavy atom. The largest absolute Gasteiger partial charge is 0.355 e. The van der Waals surface area contributed by atoms with E-state index in [1.807, 2.05) is 6.26 Å². The van der Waals surface area contributed by atoms with E-state index >= 15 is 0 Å². The molecular formula is C11H22N2OS. The summed E-state index contributed by atoms with van der Waals surface area (Å²) < 4.78 is 0. The van der Waals surface area contributed by atoms with Gasteiger partial charge in [0.1, 0.15) is 0 Å². The van der Waals surface area contributed by atoms with Gasteiger partial charge < -0.3 is 11.1 Å².